The zero-order valence-corrected chi connectivity index (χ0v) is 16.3. The lowest BCUT2D eigenvalue weighted by Gasteiger charge is -2.39. The molecule has 1 aliphatic heterocycles. The van der Waals surface area contributed by atoms with Crippen LogP contribution in [0.2, 0.25) is 0 Å². The minimum Gasteiger partial charge on any atom is -0.366 e. The predicted molar refractivity (Wildman–Crippen MR) is 104 cm³/mol. The van der Waals surface area contributed by atoms with Crippen LogP contribution in [-0.2, 0) is 9.59 Å². The fourth-order valence-corrected chi connectivity index (χ4v) is 3.96. The van der Waals surface area contributed by atoms with E-state index in [1.807, 2.05) is 11.0 Å². The van der Waals surface area contributed by atoms with Gasteiger partial charge in [-0.2, -0.15) is 0 Å². The molecule has 1 aromatic carbocycles. The van der Waals surface area contributed by atoms with Crippen molar-refractivity contribution in [1.29, 1.82) is 0 Å². The van der Waals surface area contributed by atoms with Crippen molar-refractivity contribution in [3.05, 3.63) is 30.1 Å². The zero-order valence-electron chi connectivity index (χ0n) is 16.3. The van der Waals surface area contributed by atoms with Crippen LogP contribution in [0.3, 0.4) is 0 Å². The number of carbonyl (C=O) groups is 2. The van der Waals surface area contributed by atoms with Gasteiger partial charge in [-0.25, -0.2) is 4.39 Å². The van der Waals surface area contributed by atoms with Gasteiger partial charge in [-0.1, -0.05) is 31.4 Å². The Bertz CT molecular complexity index is 678. The van der Waals surface area contributed by atoms with Crippen LogP contribution in [-0.4, -0.2) is 48.9 Å². The first kappa shape index (κ1) is 19.6. The molecule has 6 heteroatoms. The number of halogens is 1. The summed E-state index contributed by atoms with van der Waals surface area (Å²) in [5, 5.41) is 3.07. The highest BCUT2D eigenvalue weighted by Crippen LogP contribution is 2.25. The minimum atomic E-state index is -1.09. The second-order valence-corrected chi connectivity index (χ2v) is 8.16. The highest BCUT2D eigenvalue weighted by Gasteiger charge is 2.40. The molecule has 1 saturated heterocycles. The first-order valence-corrected chi connectivity index (χ1v) is 9.99. The van der Waals surface area contributed by atoms with Gasteiger partial charge in [0.2, 0.25) is 11.8 Å². The van der Waals surface area contributed by atoms with Crippen molar-refractivity contribution in [3.63, 3.8) is 0 Å². The fourth-order valence-electron chi connectivity index (χ4n) is 3.96. The van der Waals surface area contributed by atoms with Crippen LogP contribution in [0.4, 0.5) is 10.1 Å². The molecule has 0 unspecified atom stereocenters. The molecular weight excluding hydrogens is 345 g/mol. The van der Waals surface area contributed by atoms with Crippen molar-refractivity contribution < 1.29 is 14.0 Å². The summed E-state index contributed by atoms with van der Waals surface area (Å²) in [5.41, 5.74) is -0.517. The van der Waals surface area contributed by atoms with Crippen LogP contribution in [0.15, 0.2) is 24.3 Å². The standard InChI is InChI=1S/C21H30FN3O2/c1-21(2,19(26)23-16-8-4-3-5-9-16)20(27)25-14-12-24(13-15-25)18-11-7-6-10-17(18)22/h6-7,10-11,16H,3-5,8-9,12-15H2,1-2H3,(H,23,26). The van der Waals surface area contributed by atoms with Crippen LogP contribution in [0.1, 0.15) is 46.0 Å². The van der Waals surface area contributed by atoms with Gasteiger partial charge < -0.3 is 15.1 Å². The Balaban J connectivity index is 1.57. The normalized spacial score (nSPS) is 19.1. The van der Waals surface area contributed by atoms with Crippen LogP contribution in [0.25, 0.3) is 0 Å². The van der Waals surface area contributed by atoms with Gasteiger partial charge in [0.25, 0.3) is 0 Å². The monoisotopic (exact) mass is 375 g/mol. The number of anilines is 1. The molecule has 1 saturated carbocycles. The molecule has 2 amide bonds. The van der Waals surface area contributed by atoms with Gasteiger partial charge in [-0.15, -0.1) is 0 Å². The van der Waals surface area contributed by atoms with Crippen molar-refractivity contribution in [1.82, 2.24) is 10.2 Å². The van der Waals surface area contributed by atoms with Crippen molar-refractivity contribution >= 4 is 17.5 Å². The van der Waals surface area contributed by atoms with E-state index in [0.29, 0.717) is 31.9 Å². The number of nitrogens with zero attached hydrogens (tertiary/aromatic N) is 2. The lowest BCUT2D eigenvalue weighted by molar-refractivity contribution is -0.149. The average Bonchev–Trinajstić information content (AvgIpc) is 2.68. The number of benzene rings is 1. The largest absolute Gasteiger partial charge is 0.366 e. The molecule has 1 aromatic rings. The fraction of sp³-hybridized carbons (Fsp3) is 0.619. The maximum atomic E-state index is 14.0. The molecule has 3 rings (SSSR count). The number of hydrogen-bond acceptors (Lipinski definition) is 3. The molecule has 0 radical (unpaired) electrons. The first-order valence-electron chi connectivity index (χ1n) is 9.99. The van der Waals surface area contributed by atoms with Crippen molar-refractivity contribution in [2.45, 2.75) is 52.0 Å². The number of carbonyl (C=O) groups excluding carboxylic acids is 2. The third-order valence-electron chi connectivity index (χ3n) is 5.80. The van der Waals surface area contributed by atoms with Crippen molar-refractivity contribution in [2.24, 2.45) is 5.41 Å². The summed E-state index contributed by atoms with van der Waals surface area (Å²) < 4.78 is 14.0. The minimum absolute atomic E-state index is 0.149. The van der Waals surface area contributed by atoms with E-state index in [0.717, 1.165) is 25.7 Å². The smallest absolute Gasteiger partial charge is 0.237 e. The number of nitrogens with one attached hydrogen (secondary N) is 1. The van der Waals surface area contributed by atoms with E-state index in [1.54, 1.807) is 30.9 Å². The van der Waals surface area contributed by atoms with Gasteiger partial charge in [-0.3, -0.25) is 9.59 Å². The molecule has 0 bridgehead atoms. The molecule has 0 aromatic heterocycles. The molecule has 1 heterocycles. The van der Waals surface area contributed by atoms with Gasteiger partial charge in [0.05, 0.1) is 5.69 Å². The Morgan fingerprint density at radius 3 is 2.30 bits per heavy atom. The van der Waals surface area contributed by atoms with E-state index in [2.05, 4.69) is 5.32 Å². The van der Waals surface area contributed by atoms with Crippen LogP contribution >= 0.6 is 0 Å². The number of hydrogen-bond donors (Lipinski definition) is 1. The van der Waals surface area contributed by atoms with Gasteiger partial charge >= 0.3 is 0 Å². The molecule has 5 nitrogen and oxygen atoms in total. The summed E-state index contributed by atoms with van der Waals surface area (Å²) in [7, 11) is 0. The summed E-state index contributed by atoms with van der Waals surface area (Å²) in [5.74, 6) is -0.579. The van der Waals surface area contributed by atoms with E-state index in [4.69, 9.17) is 0 Å². The number of rotatable bonds is 4. The SMILES string of the molecule is CC(C)(C(=O)NC1CCCCC1)C(=O)N1CCN(c2ccccc2F)CC1. The quantitative estimate of drug-likeness (QED) is 0.824. The second kappa shape index (κ2) is 8.28. The van der Waals surface area contributed by atoms with E-state index in [9.17, 15) is 14.0 Å². The molecule has 1 N–H and O–H groups in total. The Hall–Kier alpha value is -2.11. The summed E-state index contributed by atoms with van der Waals surface area (Å²) in [4.78, 5) is 29.4. The van der Waals surface area contributed by atoms with E-state index in [-0.39, 0.29) is 23.7 Å². The highest BCUT2D eigenvalue weighted by atomic mass is 19.1. The summed E-state index contributed by atoms with van der Waals surface area (Å²) in [6.45, 7) is 5.52. The number of piperazine rings is 1. The Morgan fingerprint density at radius 2 is 1.67 bits per heavy atom. The maximum Gasteiger partial charge on any atom is 0.237 e. The van der Waals surface area contributed by atoms with Gasteiger partial charge in [-0.05, 0) is 38.8 Å². The maximum absolute atomic E-state index is 14.0. The van der Waals surface area contributed by atoms with Crippen LogP contribution in [0.5, 0.6) is 0 Å². The molecule has 2 aliphatic rings. The van der Waals surface area contributed by atoms with Crippen molar-refractivity contribution in [2.75, 3.05) is 31.1 Å². The summed E-state index contributed by atoms with van der Waals surface area (Å²) >= 11 is 0. The van der Waals surface area contributed by atoms with Gasteiger partial charge in [0, 0.05) is 32.2 Å². The van der Waals surface area contributed by atoms with Gasteiger partial charge in [0.1, 0.15) is 11.2 Å². The van der Waals surface area contributed by atoms with E-state index in [1.165, 1.54) is 12.5 Å². The Morgan fingerprint density at radius 1 is 1.04 bits per heavy atom. The molecule has 0 atom stereocenters. The number of amides is 2. The molecule has 0 spiro atoms. The van der Waals surface area contributed by atoms with Crippen molar-refractivity contribution in [3.8, 4) is 0 Å². The predicted octanol–water partition coefficient (Wildman–Crippen LogP) is 2.95. The Labute approximate surface area is 160 Å². The lowest BCUT2D eigenvalue weighted by atomic mass is 9.88. The second-order valence-electron chi connectivity index (χ2n) is 8.16. The van der Waals surface area contributed by atoms with E-state index < -0.39 is 5.41 Å². The molecule has 1 aliphatic carbocycles. The molecule has 148 valence electrons. The molecular formula is C21H30FN3O2. The van der Waals surface area contributed by atoms with Gasteiger partial charge in [0.15, 0.2) is 0 Å². The topological polar surface area (TPSA) is 52.7 Å². The lowest BCUT2D eigenvalue weighted by Crippen LogP contribution is -2.56. The highest BCUT2D eigenvalue weighted by molar-refractivity contribution is 6.04. The summed E-state index contributed by atoms with van der Waals surface area (Å²) in [6.07, 6.45) is 5.49. The average molecular weight is 375 g/mol. The van der Waals surface area contributed by atoms with Crippen LogP contribution < -0.4 is 10.2 Å². The first-order chi connectivity index (χ1) is 12.9. The third kappa shape index (κ3) is 4.42. The third-order valence-corrected chi connectivity index (χ3v) is 5.80. The van der Waals surface area contributed by atoms with E-state index >= 15 is 0 Å². The molecule has 2 fully saturated rings. The molecule has 27 heavy (non-hydrogen) atoms. The Kier molecular flexibility index (Phi) is 6.02. The van der Waals surface area contributed by atoms with Crippen LogP contribution in [0, 0.1) is 11.2 Å². The number of para-hydroxylation sites is 1. The zero-order chi connectivity index (χ0) is 19.4. The summed E-state index contributed by atoms with van der Waals surface area (Å²) in [6, 6.07) is 6.89.